The summed E-state index contributed by atoms with van der Waals surface area (Å²) in [6.45, 7) is 0.0544. The molecule has 0 spiro atoms. The fourth-order valence-corrected chi connectivity index (χ4v) is 3.33. The number of benzene rings is 2. The second-order valence-corrected chi connectivity index (χ2v) is 7.72. The first-order valence-electron chi connectivity index (χ1n) is 7.88. The Kier molecular flexibility index (Phi) is 5.80. The molecular weight excluding hydrogens is 390 g/mol. The highest BCUT2D eigenvalue weighted by Gasteiger charge is 2.14. The van der Waals surface area contributed by atoms with Crippen LogP contribution in [0, 0.1) is 0 Å². The zero-order chi connectivity index (χ0) is 19.3. The van der Waals surface area contributed by atoms with Crippen molar-refractivity contribution in [2.24, 2.45) is 0 Å². The zero-order valence-corrected chi connectivity index (χ0v) is 15.5. The lowest BCUT2D eigenvalue weighted by molar-refractivity contribution is 0.262. The van der Waals surface area contributed by atoms with Gasteiger partial charge < -0.3 is 15.1 Å². The van der Waals surface area contributed by atoms with Crippen LogP contribution in [0.25, 0.3) is 0 Å². The molecule has 3 N–H and O–H groups in total. The Balaban J connectivity index is 1.59. The average Bonchev–Trinajstić information content (AvgIpc) is 3.16. The van der Waals surface area contributed by atoms with Crippen LogP contribution in [-0.2, 0) is 16.6 Å². The number of amides is 2. The van der Waals surface area contributed by atoms with Gasteiger partial charge in [-0.15, -0.1) is 0 Å². The van der Waals surface area contributed by atoms with Crippen molar-refractivity contribution in [3.63, 3.8) is 0 Å². The van der Waals surface area contributed by atoms with E-state index in [0.29, 0.717) is 22.2 Å². The van der Waals surface area contributed by atoms with Gasteiger partial charge in [0.2, 0.25) is 10.0 Å². The second kappa shape index (κ2) is 8.26. The topological polar surface area (TPSA) is 100 Å². The van der Waals surface area contributed by atoms with Gasteiger partial charge in [-0.05, 0) is 60.7 Å². The van der Waals surface area contributed by atoms with Crippen molar-refractivity contribution < 1.29 is 17.6 Å². The van der Waals surface area contributed by atoms with Crippen LogP contribution in [0.5, 0.6) is 0 Å². The number of halogens is 1. The van der Waals surface area contributed by atoms with E-state index in [0.717, 1.165) is 0 Å². The van der Waals surface area contributed by atoms with Crippen LogP contribution >= 0.6 is 11.6 Å². The van der Waals surface area contributed by atoms with E-state index in [1.807, 2.05) is 0 Å². The Morgan fingerprint density at radius 1 is 0.926 bits per heavy atom. The lowest BCUT2D eigenvalue weighted by atomic mass is 10.3. The van der Waals surface area contributed by atoms with Crippen molar-refractivity contribution in [1.29, 1.82) is 0 Å². The molecule has 3 aromatic rings. The molecule has 0 saturated carbocycles. The molecule has 3 rings (SSSR count). The maximum Gasteiger partial charge on any atom is 0.323 e. The van der Waals surface area contributed by atoms with Crippen LogP contribution in [0.4, 0.5) is 16.2 Å². The maximum absolute atomic E-state index is 12.3. The fourth-order valence-electron chi connectivity index (χ4n) is 2.21. The summed E-state index contributed by atoms with van der Waals surface area (Å²) in [6, 6.07) is 15.4. The summed E-state index contributed by atoms with van der Waals surface area (Å²) in [7, 11) is -3.69. The first-order chi connectivity index (χ1) is 12.9. The highest BCUT2D eigenvalue weighted by molar-refractivity contribution is 7.89. The fraction of sp³-hybridized carbons (Fsp3) is 0.0556. The van der Waals surface area contributed by atoms with E-state index in [4.69, 9.17) is 16.0 Å². The Morgan fingerprint density at radius 2 is 1.52 bits per heavy atom. The van der Waals surface area contributed by atoms with E-state index in [1.54, 1.807) is 36.4 Å². The van der Waals surface area contributed by atoms with Crippen LogP contribution in [0.2, 0.25) is 5.02 Å². The number of furan rings is 1. The minimum atomic E-state index is -3.69. The van der Waals surface area contributed by atoms with Gasteiger partial charge in [-0.2, -0.15) is 0 Å². The molecule has 0 unspecified atom stereocenters. The molecule has 1 heterocycles. The summed E-state index contributed by atoms with van der Waals surface area (Å²) in [6.07, 6.45) is 1.47. The van der Waals surface area contributed by atoms with Crippen LogP contribution in [-0.4, -0.2) is 14.4 Å². The second-order valence-electron chi connectivity index (χ2n) is 5.51. The summed E-state index contributed by atoms with van der Waals surface area (Å²) >= 11 is 5.79. The van der Waals surface area contributed by atoms with Gasteiger partial charge in [0.15, 0.2) is 0 Å². The third-order valence-electron chi connectivity index (χ3n) is 3.54. The molecule has 0 aliphatic rings. The van der Waals surface area contributed by atoms with Gasteiger partial charge in [0.05, 0.1) is 17.7 Å². The first kappa shape index (κ1) is 19.0. The smallest absolute Gasteiger partial charge is 0.323 e. The number of hydrogen-bond donors (Lipinski definition) is 3. The monoisotopic (exact) mass is 405 g/mol. The third kappa shape index (κ3) is 5.33. The van der Waals surface area contributed by atoms with Gasteiger partial charge in [-0.25, -0.2) is 17.9 Å². The minimum Gasteiger partial charge on any atom is -0.468 e. The number of hydrogen-bond acceptors (Lipinski definition) is 4. The average molecular weight is 406 g/mol. The molecule has 1 aromatic heterocycles. The quantitative estimate of drug-likeness (QED) is 0.575. The van der Waals surface area contributed by atoms with Gasteiger partial charge in [-0.3, -0.25) is 0 Å². The predicted octanol–water partition coefficient (Wildman–Crippen LogP) is 4.06. The molecule has 0 radical (unpaired) electrons. The number of carbonyl (C=O) groups excluding carboxylic acids is 1. The molecule has 2 aromatic carbocycles. The van der Waals surface area contributed by atoms with E-state index < -0.39 is 16.1 Å². The van der Waals surface area contributed by atoms with Crippen LogP contribution in [0.1, 0.15) is 5.76 Å². The van der Waals surface area contributed by atoms with Crippen molar-refractivity contribution in [3.8, 4) is 0 Å². The number of rotatable bonds is 6. The molecule has 0 bridgehead atoms. The van der Waals surface area contributed by atoms with Crippen LogP contribution < -0.4 is 15.4 Å². The van der Waals surface area contributed by atoms with E-state index >= 15 is 0 Å². The Bertz CT molecular complexity index is 1000. The first-order valence-corrected chi connectivity index (χ1v) is 9.74. The minimum absolute atomic E-state index is 0.0544. The van der Waals surface area contributed by atoms with Gasteiger partial charge in [0.25, 0.3) is 0 Å². The molecule has 0 atom stereocenters. The lowest BCUT2D eigenvalue weighted by Crippen LogP contribution is -2.23. The summed E-state index contributed by atoms with van der Waals surface area (Å²) in [5.74, 6) is 0.510. The molecule has 27 heavy (non-hydrogen) atoms. The van der Waals surface area contributed by atoms with Crippen molar-refractivity contribution in [3.05, 3.63) is 77.7 Å². The predicted molar refractivity (Wildman–Crippen MR) is 103 cm³/mol. The van der Waals surface area contributed by atoms with Crippen LogP contribution in [0.3, 0.4) is 0 Å². The third-order valence-corrected chi connectivity index (χ3v) is 5.21. The van der Waals surface area contributed by atoms with Gasteiger partial charge in [0, 0.05) is 16.4 Å². The highest BCUT2D eigenvalue weighted by Crippen LogP contribution is 2.16. The van der Waals surface area contributed by atoms with Gasteiger partial charge in [-0.1, -0.05) is 11.6 Å². The molecule has 140 valence electrons. The highest BCUT2D eigenvalue weighted by atomic mass is 35.5. The number of nitrogens with one attached hydrogen (secondary N) is 3. The van der Waals surface area contributed by atoms with Crippen molar-refractivity contribution in [2.45, 2.75) is 11.4 Å². The lowest BCUT2D eigenvalue weighted by Gasteiger charge is -2.09. The number of carbonyl (C=O) groups is 1. The molecular formula is C18H16ClN3O4S. The van der Waals surface area contributed by atoms with E-state index in [2.05, 4.69) is 15.4 Å². The molecule has 9 heteroatoms. The molecule has 0 aliphatic carbocycles. The summed E-state index contributed by atoms with van der Waals surface area (Å²) in [4.78, 5) is 12.1. The van der Waals surface area contributed by atoms with Crippen LogP contribution in [0.15, 0.2) is 76.2 Å². The Labute approximate surface area is 161 Å². The summed E-state index contributed by atoms with van der Waals surface area (Å²) in [5, 5.41) is 5.84. The van der Waals surface area contributed by atoms with Crippen molar-refractivity contribution in [2.75, 3.05) is 10.6 Å². The number of urea groups is 1. The normalized spacial score (nSPS) is 11.1. The Morgan fingerprint density at radius 3 is 2.07 bits per heavy atom. The molecule has 0 aliphatic heterocycles. The molecule has 7 nitrogen and oxygen atoms in total. The molecule has 2 amide bonds. The van der Waals surface area contributed by atoms with E-state index in [-0.39, 0.29) is 11.4 Å². The largest absolute Gasteiger partial charge is 0.468 e. The Hall–Kier alpha value is -2.81. The zero-order valence-electron chi connectivity index (χ0n) is 14.0. The number of sulfonamides is 1. The standard InChI is InChI=1S/C18H16ClN3O4S/c19-13-3-5-14(6-4-13)21-18(23)22-15-7-9-17(10-8-15)27(24,25)20-12-16-2-1-11-26-16/h1-11,20H,12H2,(H2,21,22,23). The van der Waals surface area contributed by atoms with Gasteiger partial charge in [0.1, 0.15) is 5.76 Å². The molecule has 0 saturated heterocycles. The van der Waals surface area contributed by atoms with Crippen molar-refractivity contribution >= 4 is 39.0 Å². The van der Waals surface area contributed by atoms with Gasteiger partial charge >= 0.3 is 6.03 Å². The SMILES string of the molecule is O=C(Nc1ccc(Cl)cc1)Nc1ccc(S(=O)(=O)NCc2ccco2)cc1. The van der Waals surface area contributed by atoms with E-state index in [9.17, 15) is 13.2 Å². The molecule has 0 fully saturated rings. The summed E-state index contributed by atoms with van der Waals surface area (Å²) < 4.78 is 32.1. The summed E-state index contributed by atoms with van der Waals surface area (Å²) in [5.41, 5.74) is 1.03. The van der Waals surface area contributed by atoms with Crippen molar-refractivity contribution in [1.82, 2.24) is 4.72 Å². The maximum atomic E-state index is 12.3. The van der Waals surface area contributed by atoms with E-state index in [1.165, 1.54) is 30.5 Å². The number of anilines is 2.